The van der Waals surface area contributed by atoms with Crippen LogP contribution >= 0.6 is 27.3 Å². The molecular weight excluding hydrogens is 376 g/mol. The summed E-state index contributed by atoms with van der Waals surface area (Å²) < 4.78 is 25.1. The molecule has 0 saturated heterocycles. The molecule has 112 valence electrons. The van der Waals surface area contributed by atoms with Crippen LogP contribution < -0.4 is 0 Å². The molecule has 0 spiro atoms. The van der Waals surface area contributed by atoms with E-state index in [-0.39, 0.29) is 16.2 Å². The lowest BCUT2D eigenvalue weighted by Gasteiger charge is -2.06. The Bertz CT molecular complexity index is 778. The minimum Gasteiger partial charge on any atom is -0.478 e. The van der Waals surface area contributed by atoms with Crippen molar-refractivity contribution in [3.8, 4) is 0 Å². The minimum atomic E-state index is -3.55. The second-order valence-corrected chi connectivity index (χ2v) is 8.52. The Morgan fingerprint density at radius 2 is 1.90 bits per heavy atom. The monoisotopic (exact) mass is 388 g/mol. The van der Waals surface area contributed by atoms with Crippen LogP contribution in [-0.2, 0) is 22.0 Å². The highest BCUT2D eigenvalue weighted by molar-refractivity contribution is 9.10. The lowest BCUT2D eigenvalue weighted by atomic mass is 10.2. The van der Waals surface area contributed by atoms with Crippen LogP contribution in [0, 0.1) is 0 Å². The number of thiophene rings is 1. The van der Waals surface area contributed by atoms with E-state index in [1.807, 2.05) is 13.0 Å². The zero-order valence-electron chi connectivity index (χ0n) is 11.2. The van der Waals surface area contributed by atoms with Crippen LogP contribution in [0.2, 0.25) is 0 Å². The highest BCUT2D eigenvalue weighted by Crippen LogP contribution is 2.26. The van der Waals surface area contributed by atoms with Gasteiger partial charge in [0, 0.05) is 14.2 Å². The quantitative estimate of drug-likeness (QED) is 0.846. The molecule has 0 unspecified atom stereocenters. The Balaban J connectivity index is 2.35. The van der Waals surface area contributed by atoms with Crippen LogP contribution in [0.3, 0.4) is 0 Å². The summed E-state index contributed by atoms with van der Waals surface area (Å²) in [5, 5.41) is 9.06. The smallest absolute Gasteiger partial charge is 0.336 e. The van der Waals surface area contributed by atoms with Crippen molar-refractivity contribution in [3.63, 3.8) is 0 Å². The van der Waals surface area contributed by atoms with E-state index in [9.17, 15) is 13.2 Å². The number of benzene rings is 1. The molecule has 0 aliphatic carbocycles. The summed E-state index contributed by atoms with van der Waals surface area (Å²) in [4.78, 5) is 13.0. The molecule has 2 aromatic rings. The number of rotatable bonds is 5. The van der Waals surface area contributed by atoms with Crippen molar-refractivity contribution >= 4 is 43.1 Å². The van der Waals surface area contributed by atoms with Crippen LogP contribution in [-0.4, -0.2) is 19.5 Å². The summed E-state index contributed by atoms with van der Waals surface area (Å²) in [6.45, 7) is 2.01. The molecule has 0 aliphatic rings. The Kier molecular flexibility index (Phi) is 4.85. The van der Waals surface area contributed by atoms with Gasteiger partial charge in [-0.3, -0.25) is 0 Å². The number of hydrogen-bond donors (Lipinski definition) is 1. The third kappa shape index (κ3) is 3.72. The molecule has 0 fully saturated rings. The second kappa shape index (κ2) is 6.29. The van der Waals surface area contributed by atoms with E-state index in [1.54, 1.807) is 6.07 Å². The summed E-state index contributed by atoms with van der Waals surface area (Å²) in [7, 11) is -3.55. The maximum atomic E-state index is 12.4. The topological polar surface area (TPSA) is 71.4 Å². The first-order valence-corrected chi connectivity index (χ1v) is 9.43. The van der Waals surface area contributed by atoms with Crippen molar-refractivity contribution in [2.24, 2.45) is 0 Å². The van der Waals surface area contributed by atoms with Crippen molar-refractivity contribution in [3.05, 3.63) is 50.1 Å². The van der Waals surface area contributed by atoms with Gasteiger partial charge in [0.25, 0.3) is 0 Å². The first kappa shape index (κ1) is 16.2. The van der Waals surface area contributed by atoms with Gasteiger partial charge in [0.15, 0.2) is 9.84 Å². The Morgan fingerprint density at radius 1 is 1.24 bits per heavy atom. The predicted octanol–water partition coefficient (Wildman–Crippen LogP) is 3.75. The average Bonchev–Trinajstić information content (AvgIpc) is 2.85. The number of aromatic carboxylic acids is 1. The molecule has 21 heavy (non-hydrogen) atoms. The summed E-state index contributed by atoms with van der Waals surface area (Å²) in [5.41, 5.74) is -0.0588. The molecule has 0 amide bonds. The fourth-order valence-corrected chi connectivity index (χ4v) is 4.90. The number of aryl methyl sites for hydroxylation is 1. The molecule has 0 atom stereocenters. The van der Waals surface area contributed by atoms with E-state index in [2.05, 4.69) is 15.9 Å². The fourth-order valence-electron chi connectivity index (χ4n) is 1.82. The van der Waals surface area contributed by atoms with Gasteiger partial charge in [-0.15, -0.1) is 11.3 Å². The summed E-state index contributed by atoms with van der Waals surface area (Å²) >= 11 is 4.57. The first-order valence-electron chi connectivity index (χ1n) is 6.16. The normalized spacial score (nSPS) is 11.5. The molecular formula is C14H13BrO4S2. The number of carboxylic acid groups (broad SMARTS) is 1. The van der Waals surface area contributed by atoms with Crippen molar-refractivity contribution in [2.45, 2.75) is 24.0 Å². The van der Waals surface area contributed by atoms with E-state index in [0.29, 0.717) is 4.47 Å². The fraction of sp³-hybridized carbons (Fsp3) is 0.214. The van der Waals surface area contributed by atoms with Crippen molar-refractivity contribution < 1.29 is 18.3 Å². The Hall–Kier alpha value is -1.18. The van der Waals surface area contributed by atoms with E-state index in [1.165, 1.54) is 29.5 Å². The molecule has 1 heterocycles. The lowest BCUT2D eigenvalue weighted by molar-refractivity contribution is 0.0695. The van der Waals surface area contributed by atoms with Crippen LogP contribution in [0.1, 0.15) is 27.0 Å². The zero-order valence-corrected chi connectivity index (χ0v) is 14.4. The lowest BCUT2D eigenvalue weighted by Crippen LogP contribution is -2.06. The zero-order chi connectivity index (χ0) is 15.6. The van der Waals surface area contributed by atoms with Gasteiger partial charge >= 0.3 is 5.97 Å². The van der Waals surface area contributed by atoms with Crippen LogP contribution in [0.15, 0.2) is 39.7 Å². The Labute approximate surface area is 135 Å². The maximum absolute atomic E-state index is 12.4. The van der Waals surface area contributed by atoms with E-state index in [0.717, 1.165) is 16.2 Å². The summed E-state index contributed by atoms with van der Waals surface area (Å²) in [5.74, 6) is -1.28. The largest absolute Gasteiger partial charge is 0.478 e. The predicted molar refractivity (Wildman–Crippen MR) is 85.7 cm³/mol. The molecule has 0 saturated carbocycles. The van der Waals surface area contributed by atoms with Gasteiger partial charge < -0.3 is 5.11 Å². The molecule has 7 heteroatoms. The SMILES string of the molecule is CCc1ccc(CS(=O)(=O)c2ccc(Br)c(C(=O)O)c2)s1. The summed E-state index contributed by atoms with van der Waals surface area (Å²) in [6, 6.07) is 7.77. The van der Waals surface area contributed by atoms with Gasteiger partial charge in [-0.2, -0.15) is 0 Å². The number of halogens is 1. The molecule has 1 aromatic carbocycles. The Morgan fingerprint density at radius 3 is 2.48 bits per heavy atom. The number of carboxylic acids is 1. The van der Waals surface area contributed by atoms with Crippen LogP contribution in [0.25, 0.3) is 0 Å². The van der Waals surface area contributed by atoms with E-state index >= 15 is 0 Å². The molecule has 0 bridgehead atoms. The number of sulfone groups is 1. The van der Waals surface area contributed by atoms with Gasteiger partial charge in [-0.25, -0.2) is 13.2 Å². The average molecular weight is 389 g/mol. The van der Waals surface area contributed by atoms with E-state index < -0.39 is 15.8 Å². The minimum absolute atomic E-state index is 0.0227. The van der Waals surface area contributed by atoms with E-state index in [4.69, 9.17) is 5.11 Å². The summed E-state index contributed by atoms with van der Waals surface area (Å²) in [6.07, 6.45) is 0.867. The maximum Gasteiger partial charge on any atom is 0.336 e. The standard InChI is InChI=1S/C14H13BrO4S2/c1-2-9-3-4-10(20-9)8-21(18,19)11-5-6-13(15)12(7-11)14(16)17/h3-7H,2,8H2,1H3,(H,16,17). The molecule has 1 aromatic heterocycles. The highest BCUT2D eigenvalue weighted by Gasteiger charge is 2.19. The molecule has 2 rings (SSSR count). The van der Waals surface area contributed by atoms with Crippen molar-refractivity contribution in [1.29, 1.82) is 0 Å². The number of hydrogen-bond acceptors (Lipinski definition) is 4. The number of carbonyl (C=O) groups is 1. The van der Waals surface area contributed by atoms with Crippen molar-refractivity contribution in [2.75, 3.05) is 0 Å². The van der Waals surface area contributed by atoms with Gasteiger partial charge in [-0.05, 0) is 52.7 Å². The van der Waals surface area contributed by atoms with Gasteiger partial charge in [0.05, 0.1) is 16.2 Å². The van der Waals surface area contributed by atoms with Gasteiger partial charge in [0.2, 0.25) is 0 Å². The van der Waals surface area contributed by atoms with Crippen LogP contribution in [0.4, 0.5) is 0 Å². The second-order valence-electron chi connectivity index (χ2n) is 4.43. The molecule has 0 aliphatic heterocycles. The third-order valence-electron chi connectivity index (χ3n) is 2.93. The third-order valence-corrected chi connectivity index (χ3v) is 6.69. The molecule has 1 N–H and O–H groups in total. The molecule has 4 nitrogen and oxygen atoms in total. The van der Waals surface area contributed by atoms with Gasteiger partial charge in [0.1, 0.15) is 0 Å². The van der Waals surface area contributed by atoms with Gasteiger partial charge in [-0.1, -0.05) is 6.92 Å². The van der Waals surface area contributed by atoms with Crippen molar-refractivity contribution in [1.82, 2.24) is 0 Å². The first-order chi connectivity index (χ1) is 9.83. The molecule has 0 radical (unpaired) electrons. The van der Waals surface area contributed by atoms with Crippen LogP contribution in [0.5, 0.6) is 0 Å². The highest BCUT2D eigenvalue weighted by atomic mass is 79.9.